The Hall–Kier alpha value is -4.46. The van der Waals surface area contributed by atoms with Gasteiger partial charge in [-0.15, -0.1) is 0 Å². The normalized spacial score (nSPS) is 10.4. The number of rotatable bonds is 9. The van der Waals surface area contributed by atoms with Crippen molar-refractivity contribution in [3.8, 4) is 0 Å². The van der Waals surface area contributed by atoms with Crippen LogP contribution in [-0.2, 0) is 9.53 Å². The first-order chi connectivity index (χ1) is 17.2. The monoisotopic (exact) mass is 487 g/mol. The molecule has 0 radical (unpaired) electrons. The van der Waals surface area contributed by atoms with E-state index < -0.39 is 18.5 Å². The number of aryl methyl sites for hydroxylation is 1. The number of amides is 3. The van der Waals surface area contributed by atoms with E-state index in [4.69, 9.17) is 4.74 Å². The molecule has 0 saturated carbocycles. The number of para-hydroxylation sites is 2. The van der Waals surface area contributed by atoms with Crippen molar-refractivity contribution in [3.05, 3.63) is 95.1 Å². The molecule has 8 nitrogen and oxygen atoms in total. The van der Waals surface area contributed by atoms with Crippen LogP contribution in [0.3, 0.4) is 0 Å². The van der Waals surface area contributed by atoms with E-state index in [1.165, 1.54) is 6.07 Å². The first kappa shape index (κ1) is 26.2. The highest BCUT2D eigenvalue weighted by atomic mass is 16.5. The van der Waals surface area contributed by atoms with Gasteiger partial charge < -0.3 is 20.7 Å². The number of esters is 1. The van der Waals surface area contributed by atoms with Crippen LogP contribution < -0.4 is 16.0 Å². The van der Waals surface area contributed by atoms with Gasteiger partial charge in [0.2, 0.25) is 0 Å². The summed E-state index contributed by atoms with van der Waals surface area (Å²) in [5.74, 6) is -1.78. The lowest BCUT2D eigenvalue weighted by Gasteiger charge is -2.13. The molecule has 3 rings (SSSR count). The second-order valence-corrected chi connectivity index (χ2v) is 8.64. The summed E-state index contributed by atoms with van der Waals surface area (Å²) in [6.07, 6.45) is 0. The maximum atomic E-state index is 12.7. The number of hydrogen-bond donors (Lipinski definition) is 3. The van der Waals surface area contributed by atoms with Crippen molar-refractivity contribution < 1.29 is 23.9 Å². The molecular weight excluding hydrogens is 458 g/mol. The van der Waals surface area contributed by atoms with Gasteiger partial charge in [0.05, 0.1) is 22.5 Å². The van der Waals surface area contributed by atoms with Crippen molar-refractivity contribution in [1.82, 2.24) is 5.32 Å². The van der Waals surface area contributed by atoms with E-state index in [0.717, 1.165) is 5.56 Å². The third-order valence-electron chi connectivity index (χ3n) is 5.13. The van der Waals surface area contributed by atoms with Gasteiger partial charge in [-0.05, 0) is 49.2 Å². The van der Waals surface area contributed by atoms with Crippen molar-refractivity contribution in [2.75, 3.05) is 23.8 Å². The zero-order valence-electron chi connectivity index (χ0n) is 20.5. The second kappa shape index (κ2) is 12.3. The average molecular weight is 488 g/mol. The van der Waals surface area contributed by atoms with Crippen molar-refractivity contribution in [1.29, 1.82) is 0 Å². The van der Waals surface area contributed by atoms with Gasteiger partial charge in [-0.3, -0.25) is 14.4 Å². The molecule has 186 valence electrons. The number of nitrogens with one attached hydrogen (secondary N) is 3. The summed E-state index contributed by atoms with van der Waals surface area (Å²) in [6, 6.07) is 20.0. The lowest BCUT2D eigenvalue weighted by molar-refractivity contribution is -0.119. The highest BCUT2D eigenvalue weighted by Gasteiger charge is 2.18. The van der Waals surface area contributed by atoms with Crippen LogP contribution in [0.4, 0.5) is 11.4 Å². The summed E-state index contributed by atoms with van der Waals surface area (Å²) >= 11 is 0. The van der Waals surface area contributed by atoms with Crippen LogP contribution in [0, 0.1) is 12.8 Å². The SMILES string of the molecule is Cc1cccc(C(=O)Nc2ccccc2C(=O)OCC(=O)Nc2ccccc2C(=O)NCC(C)C)c1. The minimum absolute atomic E-state index is 0.111. The van der Waals surface area contributed by atoms with Crippen LogP contribution >= 0.6 is 0 Å². The lowest BCUT2D eigenvalue weighted by atomic mass is 10.1. The summed E-state index contributed by atoms with van der Waals surface area (Å²) in [6.45, 7) is 5.77. The molecule has 0 fully saturated rings. The van der Waals surface area contributed by atoms with Gasteiger partial charge in [0.1, 0.15) is 0 Å². The molecule has 0 saturated heterocycles. The van der Waals surface area contributed by atoms with Crippen LogP contribution in [0.5, 0.6) is 0 Å². The van der Waals surface area contributed by atoms with Gasteiger partial charge in [0, 0.05) is 12.1 Å². The van der Waals surface area contributed by atoms with E-state index >= 15 is 0 Å². The molecule has 0 aliphatic rings. The first-order valence-electron chi connectivity index (χ1n) is 11.6. The van der Waals surface area contributed by atoms with Crippen LogP contribution in [0.25, 0.3) is 0 Å². The van der Waals surface area contributed by atoms with Crippen molar-refractivity contribution in [2.45, 2.75) is 20.8 Å². The quantitative estimate of drug-likeness (QED) is 0.387. The maximum Gasteiger partial charge on any atom is 0.340 e. The Morgan fingerprint density at radius 2 is 1.42 bits per heavy atom. The largest absolute Gasteiger partial charge is 0.452 e. The van der Waals surface area contributed by atoms with Crippen molar-refractivity contribution in [2.24, 2.45) is 5.92 Å². The molecule has 36 heavy (non-hydrogen) atoms. The Morgan fingerprint density at radius 3 is 2.08 bits per heavy atom. The number of hydrogen-bond acceptors (Lipinski definition) is 5. The molecule has 0 unspecified atom stereocenters. The third-order valence-corrected chi connectivity index (χ3v) is 5.13. The number of carbonyl (C=O) groups excluding carboxylic acids is 4. The lowest BCUT2D eigenvalue weighted by Crippen LogP contribution is -2.29. The Balaban J connectivity index is 1.63. The smallest absolute Gasteiger partial charge is 0.340 e. The highest BCUT2D eigenvalue weighted by Crippen LogP contribution is 2.19. The van der Waals surface area contributed by atoms with E-state index in [9.17, 15) is 19.2 Å². The predicted molar refractivity (Wildman–Crippen MR) is 138 cm³/mol. The van der Waals surface area contributed by atoms with E-state index in [1.54, 1.807) is 60.7 Å². The maximum absolute atomic E-state index is 12.7. The summed E-state index contributed by atoms with van der Waals surface area (Å²) < 4.78 is 5.19. The number of anilines is 2. The molecule has 0 spiro atoms. The Morgan fingerprint density at radius 1 is 0.778 bits per heavy atom. The van der Waals surface area contributed by atoms with Crippen LogP contribution in [0.1, 0.15) is 50.5 Å². The molecule has 0 aliphatic heterocycles. The molecule has 3 amide bonds. The Labute approximate surface area is 210 Å². The highest BCUT2D eigenvalue weighted by molar-refractivity contribution is 6.08. The molecule has 3 aromatic carbocycles. The van der Waals surface area contributed by atoms with Gasteiger partial charge in [-0.1, -0.05) is 55.8 Å². The summed E-state index contributed by atoms with van der Waals surface area (Å²) in [5, 5.41) is 8.14. The molecule has 0 aliphatic carbocycles. The van der Waals surface area contributed by atoms with Gasteiger partial charge in [0.15, 0.2) is 6.61 Å². The molecule has 0 bridgehead atoms. The summed E-state index contributed by atoms with van der Waals surface area (Å²) in [7, 11) is 0. The predicted octanol–water partition coefficient (Wildman–Crippen LogP) is 4.43. The zero-order valence-corrected chi connectivity index (χ0v) is 20.5. The van der Waals surface area contributed by atoms with Gasteiger partial charge in [-0.25, -0.2) is 4.79 Å². The number of ether oxygens (including phenoxy) is 1. The second-order valence-electron chi connectivity index (χ2n) is 8.64. The fraction of sp³-hybridized carbons (Fsp3) is 0.214. The number of benzene rings is 3. The van der Waals surface area contributed by atoms with Crippen LogP contribution in [-0.4, -0.2) is 36.8 Å². The van der Waals surface area contributed by atoms with Crippen molar-refractivity contribution >= 4 is 35.1 Å². The molecule has 3 aromatic rings. The summed E-state index contributed by atoms with van der Waals surface area (Å²) in [5.41, 5.74) is 2.38. The van der Waals surface area contributed by atoms with Gasteiger partial charge in [-0.2, -0.15) is 0 Å². The van der Waals surface area contributed by atoms with E-state index in [2.05, 4.69) is 16.0 Å². The van der Waals surface area contributed by atoms with Crippen LogP contribution in [0.2, 0.25) is 0 Å². The molecule has 0 heterocycles. The molecule has 0 atom stereocenters. The third kappa shape index (κ3) is 7.27. The average Bonchev–Trinajstić information content (AvgIpc) is 2.86. The topological polar surface area (TPSA) is 114 Å². The molecular formula is C28H29N3O5. The Bertz CT molecular complexity index is 1270. The molecule has 0 aromatic heterocycles. The zero-order chi connectivity index (χ0) is 26.1. The minimum Gasteiger partial charge on any atom is -0.452 e. The summed E-state index contributed by atoms with van der Waals surface area (Å²) in [4.78, 5) is 50.3. The van der Waals surface area contributed by atoms with Crippen molar-refractivity contribution in [3.63, 3.8) is 0 Å². The minimum atomic E-state index is -0.770. The molecule has 3 N–H and O–H groups in total. The number of carbonyl (C=O) groups is 4. The Kier molecular flexibility index (Phi) is 8.94. The fourth-order valence-corrected chi connectivity index (χ4v) is 3.33. The first-order valence-corrected chi connectivity index (χ1v) is 11.6. The van der Waals surface area contributed by atoms with Gasteiger partial charge in [0.25, 0.3) is 17.7 Å². The standard InChI is InChI=1S/C28H29N3O5/c1-18(2)16-29-27(34)21-11-4-6-13-23(21)30-25(32)17-36-28(35)22-12-5-7-14-24(22)31-26(33)20-10-8-9-19(3)15-20/h4-15,18H,16-17H2,1-3H3,(H,29,34)(H,30,32)(H,31,33). The van der Waals surface area contributed by atoms with E-state index in [0.29, 0.717) is 23.4 Å². The van der Waals surface area contributed by atoms with Gasteiger partial charge >= 0.3 is 5.97 Å². The van der Waals surface area contributed by atoms with E-state index in [1.807, 2.05) is 26.8 Å². The fourth-order valence-electron chi connectivity index (χ4n) is 3.33. The van der Waals surface area contributed by atoms with E-state index in [-0.39, 0.29) is 29.0 Å². The molecule has 8 heteroatoms. The van der Waals surface area contributed by atoms with Crippen LogP contribution in [0.15, 0.2) is 72.8 Å².